The number of rotatable bonds is 5. The van der Waals surface area contributed by atoms with Crippen LogP contribution >= 0.6 is 0 Å². The third-order valence-electron chi connectivity index (χ3n) is 2.89. The van der Waals surface area contributed by atoms with Gasteiger partial charge in [0.15, 0.2) is 0 Å². The van der Waals surface area contributed by atoms with Gasteiger partial charge in [0.25, 0.3) is 0 Å². The number of hydrogen-bond donors (Lipinski definition) is 1. The molecule has 1 saturated carbocycles. The van der Waals surface area contributed by atoms with Gasteiger partial charge in [-0.3, -0.25) is 9.48 Å². The van der Waals surface area contributed by atoms with Crippen molar-refractivity contribution in [1.82, 2.24) is 15.1 Å². The van der Waals surface area contributed by atoms with Crippen molar-refractivity contribution in [2.45, 2.75) is 38.3 Å². The van der Waals surface area contributed by atoms with Crippen molar-refractivity contribution in [3.63, 3.8) is 0 Å². The zero-order valence-corrected chi connectivity index (χ0v) is 10.5. The van der Waals surface area contributed by atoms with Crippen LogP contribution < -0.4 is 5.32 Å². The summed E-state index contributed by atoms with van der Waals surface area (Å²) < 4.78 is 6.33. The summed E-state index contributed by atoms with van der Waals surface area (Å²) in [5.41, 5.74) is 1.06. The van der Waals surface area contributed by atoms with Crippen LogP contribution in [0.2, 0.25) is 0 Å². The summed E-state index contributed by atoms with van der Waals surface area (Å²) >= 11 is 0. The Bertz CT molecular complexity index is 451. The van der Waals surface area contributed by atoms with Crippen LogP contribution in [0.1, 0.15) is 31.4 Å². The fourth-order valence-corrected chi connectivity index (χ4v) is 1.83. The largest absolute Gasteiger partial charge is 0.467 e. The van der Waals surface area contributed by atoms with Gasteiger partial charge in [0.1, 0.15) is 6.04 Å². The molecule has 1 aromatic heterocycles. The quantitative estimate of drug-likeness (QED) is 0.771. The first-order valence-corrected chi connectivity index (χ1v) is 5.98. The molecular weight excluding hydrogens is 234 g/mol. The van der Waals surface area contributed by atoms with Gasteiger partial charge in [-0.15, -0.1) is 0 Å². The molecular formula is C12H17N3O3. The molecule has 0 aromatic carbocycles. The summed E-state index contributed by atoms with van der Waals surface area (Å²) in [5, 5.41) is 6.95. The van der Waals surface area contributed by atoms with Crippen LogP contribution in [0.25, 0.3) is 0 Å². The van der Waals surface area contributed by atoms with Crippen LogP contribution in [0, 0.1) is 0 Å². The number of nitrogens with zero attached hydrogens (tertiary/aromatic N) is 2. The zero-order chi connectivity index (χ0) is 13.1. The van der Waals surface area contributed by atoms with Crippen molar-refractivity contribution < 1.29 is 14.3 Å². The minimum atomic E-state index is -0.695. The van der Waals surface area contributed by atoms with E-state index < -0.39 is 12.0 Å². The van der Waals surface area contributed by atoms with Crippen molar-refractivity contribution in [2.24, 2.45) is 0 Å². The predicted octanol–water partition coefficient (Wildman–Crippen LogP) is 0.438. The van der Waals surface area contributed by atoms with Crippen LogP contribution in [0.4, 0.5) is 0 Å². The average Bonchev–Trinajstić information content (AvgIpc) is 3.08. The van der Waals surface area contributed by atoms with Crippen LogP contribution in [0.5, 0.6) is 0 Å². The molecule has 1 aliphatic carbocycles. The van der Waals surface area contributed by atoms with Crippen molar-refractivity contribution in [1.29, 1.82) is 0 Å². The zero-order valence-electron chi connectivity index (χ0n) is 10.5. The molecule has 1 atom stereocenters. The van der Waals surface area contributed by atoms with Gasteiger partial charge in [-0.05, 0) is 18.9 Å². The van der Waals surface area contributed by atoms with E-state index in [0.717, 1.165) is 5.69 Å². The van der Waals surface area contributed by atoms with Gasteiger partial charge in [0.05, 0.1) is 19.3 Å². The monoisotopic (exact) mass is 251 g/mol. The van der Waals surface area contributed by atoms with Gasteiger partial charge in [0.2, 0.25) is 5.91 Å². The highest BCUT2D eigenvalue weighted by atomic mass is 16.5. The number of nitrogens with one attached hydrogen (secondary N) is 1. The van der Waals surface area contributed by atoms with Gasteiger partial charge in [-0.2, -0.15) is 5.10 Å². The number of esters is 1. The highest BCUT2D eigenvalue weighted by Crippen LogP contribution is 2.38. The number of carbonyl (C=O) groups is 2. The molecule has 6 heteroatoms. The third kappa shape index (κ3) is 3.09. The molecule has 1 N–H and O–H groups in total. The van der Waals surface area contributed by atoms with E-state index in [1.54, 1.807) is 4.68 Å². The van der Waals surface area contributed by atoms with Crippen LogP contribution in [0.3, 0.4) is 0 Å². The maximum atomic E-state index is 11.5. The van der Waals surface area contributed by atoms with Crippen molar-refractivity contribution in [3.8, 4) is 0 Å². The molecule has 0 bridgehead atoms. The molecule has 6 nitrogen and oxygen atoms in total. The van der Waals surface area contributed by atoms with E-state index in [0.29, 0.717) is 12.5 Å². The number of aromatic nitrogens is 2. The molecule has 0 saturated heterocycles. The second-order valence-electron chi connectivity index (χ2n) is 4.51. The van der Waals surface area contributed by atoms with Crippen LogP contribution in [-0.2, 0) is 20.9 Å². The van der Waals surface area contributed by atoms with Crippen molar-refractivity contribution >= 4 is 11.9 Å². The first-order valence-electron chi connectivity index (χ1n) is 5.98. The lowest BCUT2D eigenvalue weighted by molar-refractivity contribution is -0.145. The minimum absolute atomic E-state index is 0.264. The van der Waals surface area contributed by atoms with E-state index in [2.05, 4.69) is 15.2 Å². The lowest BCUT2D eigenvalue weighted by Gasteiger charge is -2.15. The number of amides is 1. The molecule has 1 aliphatic rings. The summed E-state index contributed by atoms with van der Waals surface area (Å²) in [4.78, 5) is 22.6. The smallest absolute Gasteiger partial charge is 0.330 e. The second-order valence-corrected chi connectivity index (χ2v) is 4.51. The topological polar surface area (TPSA) is 73.2 Å². The first kappa shape index (κ1) is 12.6. The summed E-state index contributed by atoms with van der Waals surface area (Å²) in [6.07, 6.45) is 4.19. The lowest BCUT2D eigenvalue weighted by atomic mass is 10.3. The van der Waals surface area contributed by atoms with Gasteiger partial charge in [-0.25, -0.2) is 4.79 Å². The maximum absolute atomic E-state index is 11.5. The molecule has 1 amide bonds. The summed E-state index contributed by atoms with van der Waals surface area (Å²) in [7, 11) is 1.30. The van der Waals surface area contributed by atoms with E-state index in [9.17, 15) is 9.59 Å². The lowest BCUT2D eigenvalue weighted by Crippen LogP contribution is -2.43. The van der Waals surface area contributed by atoms with E-state index in [1.807, 2.05) is 12.3 Å². The summed E-state index contributed by atoms with van der Waals surface area (Å²) in [6, 6.07) is 1.26. The Morgan fingerprint density at radius 3 is 2.89 bits per heavy atom. The Labute approximate surface area is 105 Å². The Hall–Kier alpha value is -1.85. The summed E-state index contributed by atoms with van der Waals surface area (Å²) in [6.45, 7) is 1.66. The molecule has 2 rings (SSSR count). The van der Waals surface area contributed by atoms with E-state index >= 15 is 0 Å². The molecule has 1 unspecified atom stereocenters. The fourth-order valence-electron chi connectivity index (χ4n) is 1.83. The predicted molar refractivity (Wildman–Crippen MR) is 63.8 cm³/mol. The standard InChI is InChI=1S/C12H17N3O3/c1-8(16)13-11(12(17)18-2)7-15-6-5-10(14-15)9-3-4-9/h5-6,9,11H,3-4,7H2,1-2H3,(H,13,16). The van der Waals surface area contributed by atoms with Crippen LogP contribution in [-0.4, -0.2) is 34.8 Å². The molecule has 98 valence electrons. The van der Waals surface area contributed by atoms with Crippen molar-refractivity contribution in [2.75, 3.05) is 7.11 Å². The normalized spacial score (nSPS) is 16.1. The maximum Gasteiger partial charge on any atom is 0.330 e. The third-order valence-corrected chi connectivity index (χ3v) is 2.89. The Kier molecular flexibility index (Phi) is 3.64. The average molecular weight is 251 g/mol. The minimum Gasteiger partial charge on any atom is -0.467 e. The van der Waals surface area contributed by atoms with Gasteiger partial charge in [0, 0.05) is 19.0 Å². The SMILES string of the molecule is COC(=O)C(Cn1ccc(C2CC2)n1)NC(C)=O. The molecule has 0 aliphatic heterocycles. The highest BCUT2D eigenvalue weighted by molar-refractivity contribution is 5.83. The van der Waals surface area contributed by atoms with E-state index in [4.69, 9.17) is 0 Å². The molecule has 0 radical (unpaired) electrons. The Balaban J connectivity index is 2.01. The Morgan fingerprint density at radius 2 is 2.33 bits per heavy atom. The number of hydrogen-bond acceptors (Lipinski definition) is 4. The van der Waals surface area contributed by atoms with Gasteiger partial charge >= 0.3 is 5.97 Å². The highest BCUT2D eigenvalue weighted by Gasteiger charge is 2.27. The Morgan fingerprint density at radius 1 is 1.61 bits per heavy atom. The van der Waals surface area contributed by atoms with Gasteiger partial charge < -0.3 is 10.1 Å². The second kappa shape index (κ2) is 5.20. The number of carbonyl (C=O) groups excluding carboxylic acids is 2. The number of methoxy groups -OCH3 is 1. The molecule has 18 heavy (non-hydrogen) atoms. The molecule has 1 fully saturated rings. The first-order chi connectivity index (χ1) is 8.60. The molecule has 0 spiro atoms. The molecule has 1 aromatic rings. The van der Waals surface area contributed by atoms with E-state index in [-0.39, 0.29) is 5.91 Å². The van der Waals surface area contributed by atoms with Crippen molar-refractivity contribution in [3.05, 3.63) is 18.0 Å². The fraction of sp³-hybridized carbons (Fsp3) is 0.583. The van der Waals surface area contributed by atoms with E-state index in [1.165, 1.54) is 26.9 Å². The van der Waals surface area contributed by atoms with Crippen LogP contribution in [0.15, 0.2) is 12.3 Å². The summed E-state index contributed by atoms with van der Waals surface area (Å²) in [5.74, 6) is -0.155. The van der Waals surface area contributed by atoms with Gasteiger partial charge in [-0.1, -0.05) is 0 Å². The molecule has 1 heterocycles. The number of ether oxygens (including phenoxy) is 1.